The van der Waals surface area contributed by atoms with Crippen molar-refractivity contribution >= 4 is 11.8 Å². The highest BCUT2D eigenvalue weighted by Gasteiger charge is 2.25. The van der Waals surface area contributed by atoms with Gasteiger partial charge in [0.2, 0.25) is 0 Å². The molecule has 6 nitrogen and oxygen atoms in total. The number of anilines is 1. The van der Waals surface area contributed by atoms with Crippen LogP contribution in [0.15, 0.2) is 73.3 Å². The molecule has 1 saturated carbocycles. The van der Waals surface area contributed by atoms with Crippen LogP contribution >= 0.6 is 0 Å². The second-order valence-corrected chi connectivity index (χ2v) is 8.11. The minimum atomic E-state index is -0.928. The van der Waals surface area contributed by atoms with Gasteiger partial charge in [0.15, 0.2) is 5.82 Å². The molecular formula is C28H35N3O3. The molecule has 0 amide bonds. The number of hydrogen-bond acceptors (Lipinski definition) is 5. The molecule has 34 heavy (non-hydrogen) atoms. The molecule has 1 N–H and O–H groups in total. The molecule has 2 rings (SSSR count). The smallest absolute Gasteiger partial charge is 0.329 e. The maximum atomic E-state index is 10.6. The average molecular weight is 462 g/mol. The zero-order valence-corrected chi connectivity index (χ0v) is 20.1. The topological polar surface area (TPSA) is 75.6 Å². The molecule has 1 aliphatic rings. The first-order valence-electron chi connectivity index (χ1n) is 11.7. The fraction of sp³-hybridized carbons (Fsp3) is 0.393. The van der Waals surface area contributed by atoms with Crippen LogP contribution in [0, 0.1) is 18.3 Å². The molecule has 0 bridgehead atoms. The molecule has 1 unspecified atom stereocenters. The van der Waals surface area contributed by atoms with Gasteiger partial charge in [0.1, 0.15) is 12.6 Å². The van der Waals surface area contributed by atoms with Gasteiger partial charge in [0, 0.05) is 18.3 Å². The normalized spacial score (nSPS) is 20.0. The SMILES string of the molecule is C#CC(/C=C\C=C/C)N(/C=C/C=C\C=C/C)c1cncc(C2CCC(COCC(=O)O)CC2)n1. The summed E-state index contributed by atoms with van der Waals surface area (Å²) in [5, 5.41) is 8.74. The van der Waals surface area contributed by atoms with Crippen LogP contribution in [0.3, 0.4) is 0 Å². The van der Waals surface area contributed by atoms with Gasteiger partial charge in [0.25, 0.3) is 0 Å². The van der Waals surface area contributed by atoms with Crippen molar-refractivity contribution in [3.63, 3.8) is 0 Å². The highest BCUT2D eigenvalue weighted by Crippen LogP contribution is 2.35. The summed E-state index contributed by atoms with van der Waals surface area (Å²) in [6.45, 7) is 4.19. The van der Waals surface area contributed by atoms with E-state index in [0.717, 1.165) is 31.4 Å². The zero-order valence-electron chi connectivity index (χ0n) is 20.1. The van der Waals surface area contributed by atoms with Gasteiger partial charge in [-0.3, -0.25) is 4.98 Å². The Morgan fingerprint density at radius 1 is 1.15 bits per heavy atom. The van der Waals surface area contributed by atoms with Gasteiger partial charge < -0.3 is 14.7 Å². The maximum Gasteiger partial charge on any atom is 0.329 e. The van der Waals surface area contributed by atoms with Crippen molar-refractivity contribution in [2.45, 2.75) is 51.5 Å². The Bertz CT molecular complexity index is 948. The molecule has 0 spiro atoms. The lowest BCUT2D eigenvalue weighted by atomic mass is 9.81. The van der Waals surface area contributed by atoms with E-state index in [1.165, 1.54) is 0 Å². The molecule has 0 saturated heterocycles. The van der Waals surface area contributed by atoms with Gasteiger partial charge in [-0.25, -0.2) is 9.78 Å². The average Bonchev–Trinajstić information content (AvgIpc) is 2.85. The summed E-state index contributed by atoms with van der Waals surface area (Å²) in [5.41, 5.74) is 0.957. The lowest BCUT2D eigenvalue weighted by Crippen LogP contribution is -2.29. The van der Waals surface area contributed by atoms with Gasteiger partial charge in [-0.2, -0.15) is 0 Å². The van der Waals surface area contributed by atoms with Crippen molar-refractivity contribution in [1.82, 2.24) is 9.97 Å². The van der Waals surface area contributed by atoms with E-state index < -0.39 is 5.97 Å². The second-order valence-electron chi connectivity index (χ2n) is 8.11. The summed E-state index contributed by atoms with van der Waals surface area (Å²) in [4.78, 5) is 22.0. The number of nitrogens with zero attached hydrogens (tertiary/aromatic N) is 3. The molecule has 0 aliphatic heterocycles. The molecule has 1 aliphatic carbocycles. The molecule has 1 heterocycles. The Morgan fingerprint density at radius 2 is 1.85 bits per heavy atom. The Morgan fingerprint density at radius 3 is 2.53 bits per heavy atom. The number of carboxylic acid groups (broad SMARTS) is 1. The van der Waals surface area contributed by atoms with Crippen molar-refractivity contribution in [2.75, 3.05) is 18.1 Å². The standard InChI is InChI=1S/C28H35N3O3/c1-4-7-9-10-12-18-31(25(6-3)13-11-8-5-2)27-20-29-19-26(30-27)24-16-14-23(15-17-24)21-34-22-28(32)33/h3-5,7-13,18-20,23-25H,14-17,21-22H2,1-2H3,(H,32,33)/b7-4-,8-5-,10-9-,13-11-,18-12+. The fourth-order valence-corrected chi connectivity index (χ4v) is 3.83. The van der Waals surface area contributed by atoms with Gasteiger partial charge >= 0.3 is 5.97 Å². The van der Waals surface area contributed by atoms with E-state index in [1.54, 1.807) is 6.20 Å². The zero-order chi connectivity index (χ0) is 24.6. The molecule has 1 aromatic heterocycles. The van der Waals surface area contributed by atoms with Crippen LogP contribution in [0.5, 0.6) is 0 Å². The largest absolute Gasteiger partial charge is 0.480 e. The lowest BCUT2D eigenvalue weighted by molar-refractivity contribution is -0.142. The quantitative estimate of drug-likeness (QED) is 0.330. The molecule has 0 aromatic carbocycles. The van der Waals surface area contributed by atoms with E-state index in [2.05, 4.69) is 10.9 Å². The Labute approximate surface area is 203 Å². The van der Waals surface area contributed by atoms with Gasteiger partial charge in [-0.05, 0) is 57.6 Å². The monoisotopic (exact) mass is 461 g/mol. The molecule has 1 aromatic rings. The fourth-order valence-electron chi connectivity index (χ4n) is 3.83. The Balaban J connectivity index is 2.16. The summed E-state index contributed by atoms with van der Waals surface area (Å²) >= 11 is 0. The predicted octanol–water partition coefficient (Wildman–Crippen LogP) is 5.44. The number of ether oxygens (including phenoxy) is 1. The van der Waals surface area contributed by atoms with Gasteiger partial charge in [-0.1, -0.05) is 48.5 Å². The highest BCUT2D eigenvalue weighted by molar-refractivity contribution is 5.67. The Kier molecular flexibility index (Phi) is 12.2. The van der Waals surface area contributed by atoms with Crippen LogP contribution in [0.2, 0.25) is 0 Å². The summed E-state index contributed by atoms with van der Waals surface area (Å²) in [5.74, 6) is 3.31. The van der Waals surface area contributed by atoms with Crippen molar-refractivity contribution in [1.29, 1.82) is 0 Å². The van der Waals surface area contributed by atoms with Gasteiger partial charge in [0.05, 0.1) is 18.5 Å². The first kappa shape index (κ1) is 26.8. The predicted molar refractivity (Wildman–Crippen MR) is 137 cm³/mol. The minimum absolute atomic E-state index is 0.237. The van der Waals surface area contributed by atoms with Crippen molar-refractivity contribution in [3.8, 4) is 12.3 Å². The third-order valence-corrected chi connectivity index (χ3v) is 5.59. The summed E-state index contributed by atoms with van der Waals surface area (Å²) in [7, 11) is 0. The summed E-state index contributed by atoms with van der Waals surface area (Å²) in [6.07, 6.45) is 32.8. The first-order chi connectivity index (χ1) is 16.6. The maximum absolute atomic E-state index is 10.6. The van der Waals surface area contributed by atoms with E-state index in [9.17, 15) is 4.79 Å². The molecule has 1 atom stereocenters. The highest BCUT2D eigenvalue weighted by atomic mass is 16.5. The molecule has 1 fully saturated rings. The second kappa shape index (κ2) is 15.4. The number of hydrogen-bond donors (Lipinski definition) is 1. The number of carbonyl (C=O) groups is 1. The lowest BCUT2D eigenvalue weighted by Gasteiger charge is -2.29. The molecule has 180 valence electrons. The van der Waals surface area contributed by atoms with Crippen molar-refractivity contribution in [2.24, 2.45) is 5.92 Å². The number of terminal acetylenes is 1. The van der Waals surface area contributed by atoms with E-state index in [1.807, 2.05) is 85.8 Å². The minimum Gasteiger partial charge on any atom is -0.480 e. The molecule has 0 radical (unpaired) electrons. The third kappa shape index (κ3) is 9.21. The summed E-state index contributed by atoms with van der Waals surface area (Å²) in [6, 6.07) is -0.311. The van der Waals surface area contributed by atoms with Crippen LogP contribution in [-0.4, -0.2) is 40.3 Å². The van der Waals surface area contributed by atoms with Crippen molar-refractivity contribution < 1.29 is 14.6 Å². The van der Waals surface area contributed by atoms with Crippen LogP contribution in [0.25, 0.3) is 0 Å². The molecular weight excluding hydrogens is 426 g/mol. The number of allylic oxidation sites excluding steroid dienone is 8. The Hall–Kier alpha value is -3.43. The number of carboxylic acids is 1. The number of aromatic nitrogens is 2. The van der Waals surface area contributed by atoms with E-state index in [-0.39, 0.29) is 12.6 Å². The van der Waals surface area contributed by atoms with E-state index in [4.69, 9.17) is 21.3 Å². The van der Waals surface area contributed by atoms with Crippen molar-refractivity contribution in [3.05, 3.63) is 79.0 Å². The number of rotatable bonds is 12. The van der Waals surface area contributed by atoms with E-state index in [0.29, 0.717) is 24.3 Å². The van der Waals surface area contributed by atoms with Crippen LogP contribution < -0.4 is 4.90 Å². The summed E-state index contributed by atoms with van der Waals surface area (Å²) < 4.78 is 5.29. The van der Waals surface area contributed by atoms with Crippen LogP contribution in [0.1, 0.15) is 51.1 Å². The molecule has 6 heteroatoms. The van der Waals surface area contributed by atoms with Crippen LogP contribution in [-0.2, 0) is 9.53 Å². The van der Waals surface area contributed by atoms with Gasteiger partial charge in [-0.15, -0.1) is 6.42 Å². The van der Waals surface area contributed by atoms with E-state index >= 15 is 0 Å². The number of aliphatic carboxylic acids is 1. The van der Waals surface area contributed by atoms with Crippen LogP contribution in [0.4, 0.5) is 5.82 Å². The third-order valence-electron chi connectivity index (χ3n) is 5.59. The first-order valence-corrected chi connectivity index (χ1v) is 11.7.